The van der Waals surface area contributed by atoms with Gasteiger partial charge in [0.2, 0.25) is 0 Å². The zero-order valence-corrected chi connectivity index (χ0v) is 14.9. The molecule has 1 fully saturated rings. The summed E-state index contributed by atoms with van der Waals surface area (Å²) in [6.45, 7) is 2.00. The molecule has 2 heterocycles. The van der Waals surface area contributed by atoms with Crippen molar-refractivity contribution >= 4 is 10.8 Å². The van der Waals surface area contributed by atoms with Crippen molar-refractivity contribution in [3.05, 3.63) is 90.5 Å². The molecule has 4 aromatic rings. The van der Waals surface area contributed by atoms with E-state index in [2.05, 4.69) is 39.2 Å². The van der Waals surface area contributed by atoms with E-state index in [0.29, 0.717) is 13.1 Å². The maximum absolute atomic E-state index is 11.2. The Balaban J connectivity index is 1.38. The van der Waals surface area contributed by atoms with Crippen LogP contribution in [0.4, 0.5) is 0 Å². The van der Waals surface area contributed by atoms with Gasteiger partial charge in [-0.15, -0.1) is 0 Å². The lowest BCUT2D eigenvalue weighted by atomic mass is 9.83. The molecule has 134 valence electrons. The van der Waals surface area contributed by atoms with Crippen molar-refractivity contribution in [2.75, 3.05) is 13.1 Å². The van der Waals surface area contributed by atoms with Gasteiger partial charge in [0.05, 0.1) is 5.69 Å². The lowest BCUT2D eigenvalue weighted by Gasteiger charge is -2.47. The van der Waals surface area contributed by atoms with Crippen molar-refractivity contribution in [1.82, 2.24) is 19.7 Å². The third-order valence-electron chi connectivity index (χ3n) is 5.31. The van der Waals surface area contributed by atoms with Crippen LogP contribution < -0.4 is 0 Å². The molecule has 0 atom stereocenters. The molecule has 1 N–H and O–H groups in total. The summed E-state index contributed by atoms with van der Waals surface area (Å²) in [7, 11) is 0. The average Bonchev–Trinajstić information content (AvgIpc) is 3.21. The van der Waals surface area contributed by atoms with E-state index < -0.39 is 5.60 Å². The van der Waals surface area contributed by atoms with Crippen LogP contribution in [0.1, 0.15) is 11.1 Å². The molecule has 5 heteroatoms. The molecular weight excluding hydrogens is 336 g/mol. The molecule has 0 aliphatic carbocycles. The molecule has 27 heavy (non-hydrogen) atoms. The molecule has 0 unspecified atom stereocenters. The van der Waals surface area contributed by atoms with Crippen molar-refractivity contribution < 1.29 is 5.11 Å². The number of β-amino-alcohol motifs (C(OH)–C–C–N with tert-alkyl or cyclic N) is 1. The third-order valence-corrected chi connectivity index (χ3v) is 5.31. The highest BCUT2D eigenvalue weighted by atomic mass is 16.3. The number of hydrogen-bond acceptors (Lipinski definition) is 4. The van der Waals surface area contributed by atoms with Crippen LogP contribution in [-0.4, -0.2) is 37.9 Å². The number of para-hydroxylation sites is 1. The van der Waals surface area contributed by atoms with Crippen LogP contribution in [0.25, 0.3) is 16.5 Å². The number of aliphatic hydroxyl groups is 1. The Labute approximate surface area is 157 Å². The summed E-state index contributed by atoms with van der Waals surface area (Å²) in [4.78, 5) is 6.30. The molecule has 0 bridgehead atoms. The number of likely N-dealkylation sites (tertiary alicyclic amines) is 1. The maximum atomic E-state index is 11.2. The number of hydrogen-bond donors (Lipinski definition) is 1. The number of fused-ring (bicyclic) bond motifs is 1. The normalized spacial score (nSPS) is 16.3. The van der Waals surface area contributed by atoms with E-state index >= 15 is 0 Å². The van der Waals surface area contributed by atoms with Crippen molar-refractivity contribution in [3.63, 3.8) is 0 Å². The van der Waals surface area contributed by atoms with Crippen LogP contribution in [0.5, 0.6) is 0 Å². The second-order valence-corrected chi connectivity index (χ2v) is 7.17. The van der Waals surface area contributed by atoms with Gasteiger partial charge in [0.1, 0.15) is 18.3 Å². The summed E-state index contributed by atoms with van der Waals surface area (Å²) in [5.41, 5.74) is 2.41. The van der Waals surface area contributed by atoms with Crippen molar-refractivity contribution in [1.29, 1.82) is 0 Å². The van der Waals surface area contributed by atoms with Gasteiger partial charge in [0.25, 0.3) is 0 Å². The van der Waals surface area contributed by atoms with Crippen molar-refractivity contribution in [2.45, 2.75) is 12.1 Å². The Bertz CT molecular complexity index is 1080. The largest absolute Gasteiger partial charge is 0.382 e. The molecule has 1 saturated heterocycles. The van der Waals surface area contributed by atoms with E-state index in [1.54, 1.807) is 17.3 Å². The standard InChI is InChI=1S/C22H20N4O/c27-22(20-10-5-8-17-6-1-3-9-19(17)20)13-25(14-22)12-18-7-2-4-11-21(18)26-16-23-15-24-26/h1-11,15-16,27H,12-14H2. The van der Waals surface area contributed by atoms with Crippen LogP contribution in [0.2, 0.25) is 0 Å². The van der Waals surface area contributed by atoms with Gasteiger partial charge in [0, 0.05) is 19.6 Å². The van der Waals surface area contributed by atoms with Crippen molar-refractivity contribution in [2.24, 2.45) is 0 Å². The molecule has 0 saturated carbocycles. The molecule has 3 aromatic carbocycles. The predicted octanol–water partition coefficient (Wildman–Crippen LogP) is 3.12. The third kappa shape index (κ3) is 2.81. The van der Waals surface area contributed by atoms with Gasteiger partial charge >= 0.3 is 0 Å². The monoisotopic (exact) mass is 356 g/mol. The quantitative estimate of drug-likeness (QED) is 0.610. The Morgan fingerprint density at radius 3 is 2.56 bits per heavy atom. The summed E-state index contributed by atoms with van der Waals surface area (Å²) in [6, 6.07) is 22.6. The van der Waals surface area contributed by atoms with Gasteiger partial charge < -0.3 is 5.11 Å². The molecule has 1 aromatic heterocycles. The SMILES string of the molecule is OC1(c2cccc3ccccc23)CN(Cc2ccccc2-n2cncn2)C1. The Hall–Kier alpha value is -3.02. The van der Waals surface area contributed by atoms with Crippen LogP contribution in [0, 0.1) is 0 Å². The predicted molar refractivity (Wildman–Crippen MR) is 104 cm³/mol. The number of aromatic nitrogens is 3. The van der Waals surface area contributed by atoms with Crippen molar-refractivity contribution in [3.8, 4) is 5.69 Å². The first-order valence-corrected chi connectivity index (χ1v) is 9.09. The summed E-state index contributed by atoms with van der Waals surface area (Å²) in [5, 5.41) is 17.8. The maximum Gasteiger partial charge on any atom is 0.138 e. The molecular formula is C22H20N4O. The molecule has 0 spiro atoms. The molecule has 0 amide bonds. The first kappa shape index (κ1) is 16.2. The number of nitrogens with zero attached hydrogens (tertiary/aromatic N) is 4. The summed E-state index contributed by atoms with van der Waals surface area (Å²) < 4.78 is 1.78. The van der Waals surface area contributed by atoms with E-state index in [9.17, 15) is 5.11 Å². The summed E-state index contributed by atoms with van der Waals surface area (Å²) in [5.74, 6) is 0. The molecule has 5 nitrogen and oxygen atoms in total. The Morgan fingerprint density at radius 2 is 1.70 bits per heavy atom. The summed E-state index contributed by atoms with van der Waals surface area (Å²) in [6.07, 6.45) is 3.25. The molecule has 1 aliphatic heterocycles. The second kappa shape index (κ2) is 6.30. The van der Waals surface area contributed by atoms with Gasteiger partial charge in [-0.3, -0.25) is 4.90 Å². The smallest absolute Gasteiger partial charge is 0.138 e. The van der Waals surface area contributed by atoms with Gasteiger partial charge in [-0.2, -0.15) is 5.10 Å². The fourth-order valence-corrected chi connectivity index (χ4v) is 4.05. The highest BCUT2D eigenvalue weighted by molar-refractivity contribution is 5.86. The van der Waals surface area contributed by atoms with E-state index in [1.165, 1.54) is 10.9 Å². The van der Waals surface area contributed by atoms with E-state index in [-0.39, 0.29) is 0 Å². The topological polar surface area (TPSA) is 54.2 Å². The Kier molecular flexibility index (Phi) is 3.77. The minimum Gasteiger partial charge on any atom is -0.382 e. The zero-order valence-electron chi connectivity index (χ0n) is 14.9. The molecule has 0 radical (unpaired) electrons. The number of rotatable bonds is 4. The first-order valence-electron chi connectivity index (χ1n) is 9.09. The van der Waals surface area contributed by atoms with E-state index in [4.69, 9.17) is 0 Å². The highest BCUT2D eigenvalue weighted by Gasteiger charge is 2.43. The van der Waals surface area contributed by atoms with Crippen LogP contribution in [0.3, 0.4) is 0 Å². The summed E-state index contributed by atoms with van der Waals surface area (Å²) >= 11 is 0. The number of benzene rings is 3. The Morgan fingerprint density at radius 1 is 0.926 bits per heavy atom. The fourth-order valence-electron chi connectivity index (χ4n) is 4.05. The molecule has 1 aliphatic rings. The van der Waals surface area contributed by atoms with E-state index in [1.807, 2.05) is 42.5 Å². The first-order chi connectivity index (χ1) is 13.2. The average molecular weight is 356 g/mol. The fraction of sp³-hybridized carbons (Fsp3) is 0.182. The second-order valence-electron chi connectivity index (χ2n) is 7.17. The molecule has 5 rings (SSSR count). The van der Waals surface area contributed by atoms with Crippen LogP contribution in [0.15, 0.2) is 79.4 Å². The lowest BCUT2D eigenvalue weighted by molar-refractivity contribution is -0.106. The minimum absolute atomic E-state index is 0.618. The van der Waals surface area contributed by atoms with Crippen LogP contribution in [-0.2, 0) is 12.1 Å². The van der Waals surface area contributed by atoms with E-state index in [0.717, 1.165) is 23.2 Å². The zero-order chi connectivity index (χ0) is 18.3. The van der Waals surface area contributed by atoms with Crippen LogP contribution >= 0.6 is 0 Å². The van der Waals surface area contributed by atoms with Gasteiger partial charge in [-0.25, -0.2) is 9.67 Å². The lowest BCUT2D eigenvalue weighted by Crippen LogP contribution is -2.58. The highest BCUT2D eigenvalue weighted by Crippen LogP contribution is 2.37. The van der Waals surface area contributed by atoms with Gasteiger partial charge in [0.15, 0.2) is 0 Å². The van der Waals surface area contributed by atoms with Gasteiger partial charge in [-0.1, -0.05) is 60.7 Å². The van der Waals surface area contributed by atoms with Gasteiger partial charge in [-0.05, 0) is 28.0 Å². The minimum atomic E-state index is -0.803.